The minimum Gasteiger partial charge on any atom is -0.469 e. The van der Waals surface area contributed by atoms with Crippen molar-refractivity contribution in [1.82, 2.24) is 0 Å². The number of hydrogen-bond donors (Lipinski definition) is 2. The molecule has 2 heterocycles. The van der Waals surface area contributed by atoms with Gasteiger partial charge in [-0.05, 0) is 6.07 Å². The number of benzene rings is 1. The number of fused-ring (bicyclic) bond motifs is 2. The monoisotopic (exact) mass is 402 g/mol. The summed E-state index contributed by atoms with van der Waals surface area (Å²) in [5.41, 5.74) is 3.89. The minimum absolute atomic E-state index is 0.201. The van der Waals surface area contributed by atoms with Crippen LogP contribution in [-0.2, 0) is 43.5 Å². The van der Waals surface area contributed by atoms with Crippen molar-refractivity contribution in [2.45, 2.75) is 11.8 Å². The van der Waals surface area contributed by atoms with Crippen LogP contribution in [0, 0.1) is 0 Å². The number of para-hydroxylation sites is 1. The fourth-order valence-corrected chi connectivity index (χ4v) is 3.55. The zero-order chi connectivity index (χ0) is 21.3. The number of carbonyl (C=O) groups excluding carboxylic acids is 4. The van der Waals surface area contributed by atoms with Crippen LogP contribution in [0.1, 0.15) is 12.0 Å². The lowest BCUT2D eigenvalue weighted by molar-refractivity contribution is -0.147. The Morgan fingerprint density at radius 1 is 1.03 bits per heavy atom. The van der Waals surface area contributed by atoms with Gasteiger partial charge in [-0.3, -0.25) is 4.79 Å². The van der Waals surface area contributed by atoms with E-state index in [1.54, 1.807) is 18.2 Å². The smallest absolute Gasteiger partial charge is 0.339 e. The number of nitrogens with one attached hydrogen (secondary N) is 1. The molecular formula is C19H18N2O8. The highest BCUT2D eigenvalue weighted by atomic mass is 16.6. The van der Waals surface area contributed by atoms with Crippen molar-refractivity contribution in [2.75, 3.05) is 26.6 Å². The molecule has 0 aromatic heterocycles. The highest BCUT2D eigenvalue weighted by Crippen LogP contribution is 2.53. The quantitative estimate of drug-likeness (QED) is 0.531. The fraction of sp³-hybridized carbons (Fsp3) is 0.263. The molecule has 1 aromatic carbocycles. The second-order valence-corrected chi connectivity index (χ2v) is 6.13. The van der Waals surface area contributed by atoms with Crippen LogP contribution in [0.4, 0.5) is 5.69 Å². The van der Waals surface area contributed by atoms with Gasteiger partial charge in [0.15, 0.2) is 5.41 Å². The molecule has 10 nitrogen and oxygen atoms in total. The average Bonchev–Trinajstić information content (AvgIpc) is 2.98. The van der Waals surface area contributed by atoms with Crippen molar-refractivity contribution in [3.63, 3.8) is 0 Å². The van der Waals surface area contributed by atoms with Gasteiger partial charge in [0.1, 0.15) is 29.1 Å². The largest absolute Gasteiger partial charge is 0.469 e. The molecule has 3 rings (SSSR count). The third-order valence-electron chi connectivity index (χ3n) is 4.73. The lowest BCUT2D eigenvalue weighted by Crippen LogP contribution is -2.47. The first-order valence-corrected chi connectivity index (χ1v) is 8.38. The van der Waals surface area contributed by atoms with E-state index in [9.17, 15) is 19.2 Å². The van der Waals surface area contributed by atoms with Gasteiger partial charge in [-0.2, -0.15) is 0 Å². The maximum atomic E-state index is 13.3. The van der Waals surface area contributed by atoms with E-state index in [-0.39, 0.29) is 28.3 Å². The SMILES string of the molecule is COC(=O)CC1=C(C(=O)OC)[C@]2(C(=O)O1)C(C(=O)OC)=C(N)Nc1ccccc12. The molecule has 152 valence electrons. The van der Waals surface area contributed by atoms with E-state index in [1.165, 1.54) is 6.07 Å². The molecule has 0 amide bonds. The highest BCUT2D eigenvalue weighted by Gasteiger charge is 2.63. The van der Waals surface area contributed by atoms with Crippen molar-refractivity contribution in [3.05, 3.63) is 52.6 Å². The fourth-order valence-electron chi connectivity index (χ4n) is 3.55. The summed E-state index contributed by atoms with van der Waals surface area (Å²) in [7, 11) is 3.35. The van der Waals surface area contributed by atoms with Crippen LogP contribution in [0.2, 0.25) is 0 Å². The zero-order valence-electron chi connectivity index (χ0n) is 15.9. The molecular weight excluding hydrogens is 384 g/mol. The first-order chi connectivity index (χ1) is 13.8. The van der Waals surface area contributed by atoms with Crippen molar-refractivity contribution >= 4 is 29.6 Å². The summed E-state index contributed by atoms with van der Waals surface area (Å²) in [4.78, 5) is 50.5. The molecule has 0 saturated carbocycles. The topological polar surface area (TPSA) is 143 Å². The molecule has 10 heteroatoms. The van der Waals surface area contributed by atoms with Crippen molar-refractivity contribution in [2.24, 2.45) is 5.73 Å². The predicted molar refractivity (Wildman–Crippen MR) is 96.7 cm³/mol. The number of nitrogens with two attached hydrogens (primary N) is 1. The summed E-state index contributed by atoms with van der Waals surface area (Å²) in [6, 6.07) is 6.42. The summed E-state index contributed by atoms with van der Waals surface area (Å²) in [6.07, 6.45) is -0.529. The number of cyclic esters (lactones) is 1. The number of rotatable bonds is 4. The van der Waals surface area contributed by atoms with Crippen LogP contribution in [0.25, 0.3) is 0 Å². The summed E-state index contributed by atoms with van der Waals surface area (Å²) < 4.78 is 19.6. The maximum Gasteiger partial charge on any atom is 0.339 e. The van der Waals surface area contributed by atoms with E-state index >= 15 is 0 Å². The van der Waals surface area contributed by atoms with Crippen LogP contribution < -0.4 is 11.1 Å². The second-order valence-electron chi connectivity index (χ2n) is 6.13. The second kappa shape index (κ2) is 7.30. The number of hydrogen-bond acceptors (Lipinski definition) is 10. The number of methoxy groups -OCH3 is 3. The van der Waals surface area contributed by atoms with Crippen LogP contribution in [0.3, 0.4) is 0 Å². The van der Waals surface area contributed by atoms with E-state index in [0.29, 0.717) is 5.69 Å². The zero-order valence-corrected chi connectivity index (χ0v) is 15.9. The first-order valence-electron chi connectivity index (χ1n) is 8.38. The predicted octanol–water partition coefficient (Wildman–Crippen LogP) is 0.240. The van der Waals surface area contributed by atoms with E-state index in [0.717, 1.165) is 21.3 Å². The van der Waals surface area contributed by atoms with Crippen molar-refractivity contribution < 1.29 is 38.1 Å². The lowest BCUT2D eigenvalue weighted by Gasteiger charge is -2.35. The van der Waals surface area contributed by atoms with Gasteiger partial charge < -0.3 is 30.0 Å². The van der Waals surface area contributed by atoms with Crippen LogP contribution >= 0.6 is 0 Å². The third kappa shape index (κ3) is 2.80. The molecule has 0 radical (unpaired) electrons. The van der Waals surface area contributed by atoms with Gasteiger partial charge in [-0.25, -0.2) is 14.4 Å². The average molecular weight is 402 g/mol. The molecule has 1 spiro atoms. The minimum atomic E-state index is -2.07. The van der Waals surface area contributed by atoms with Gasteiger partial charge in [-0.15, -0.1) is 0 Å². The van der Waals surface area contributed by atoms with Gasteiger partial charge in [0.25, 0.3) is 0 Å². The maximum absolute atomic E-state index is 13.3. The summed E-state index contributed by atoms with van der Waals surface area (Å²) in [5.74, 6) is -4.17. The van der Waals surface area contributed by atoms with Crippen LogP contribution in [0.5, 0.6) is 0 Å². The van der Waals surface area contributed by atoms with Crippen LogP contribution in [-0.4, -0.2) is 45.2 Å². The van der Waals surface area contributed by atoms with Gasteiger partial charge in [0.05, 0.1) is 21.3 Å². The Kier molecular flexibility index (Phi) is 5.02. The molecule has 0 saturated heterocycles. The Labute approximate surface area is 165 Å². The summed E-state index contributed by atoms with van der Waals surface area (Å²) in [5, 5.41) is 2.82. The Morgan fingerprint density at radius 2 is 1.66 bits per heavy atom. The Hall–Kier alpha value is -3.82. The Morgan fingerprint density at radius 3 is 2.28 bits per heavy atom. The van der Waals surface area contributed by atoms with Crippen molar-refractivity contribution in [3.8, 4) is 0 Å². The molecule has 3 N–H and O–H groups in total. The summed E-state index contributed by atoms with van der Waals surface area (Å²) >= 11 is 0. The third-order valence-corrected chi connectivity index (χ3v) is 4.73. The normalized spacial score (nSPS) is 20.0. The molecule has 0 unspecified atom stereocenters. The van der Waals surface area contributed by atoms with E-state index in [4.69, 9.17) is 19.9 Å². The Bertz CT molecular complexity index is 994. The summed E-state index contributed by atoms with van der Waals surface area (Å²) in [6.45, 7) is 0. The van der Waals surface area contributed by atoms with E-state index < -0.39 is 35.7 Å². The van der Waals surface area contributed by atoms with Gasteiger partial charge in [0, 0.05) is 11.3 Å². The number of ether oxygens (including phenoxy) is 4. The molecule has 29 heavy (non-hydrogen) atoms. The van der Waals surface area contributed by atoms with Crippen molar-refractivity contribution in [1.29, 1.82) is 0 Å². The first kappa shape index (κ1) is 19.9. The molecule has 0 aliphatic carbocycles. The van der Waals surface area contributed by atoms with Crippen LogP contribution in [0.15, 0.2) is 47.0 Å². The number of esters is 4. The molecule has 2 aliphatic rings. The van der Waals surface area contributed by atoms with E-state index in [1.807, 2.05) is 0 Å². The van der Waals surface area contributed by atoms with Gasteiger partial charge in [0.2, 0.25) is 0 Å². The molecule has 2 aliphatic heterocycles. The number of anilines is 1. The molecule has 1 atom stereocenters. The molecule has 0 fully saturated rings. The van der Waals surface area contributed by atoms with E-state index in [2.05, 4.69) is 10.1 Å². The number of carbonyl (C=O) groups is 4. The standard InChI is InChI=1S/C19H18N2O8/c1-26-12(22)8-11-13(16(23)27-2)19(18(25)29-11)9-6-4-5-7-10(9)21-15(20)14(19)17(24)28-3/h4-7,21H,8,20H2,1-3H3/t19-/m0/s1. The van der Waals surface area contributed by atoms with Gasteiger partial charge >= 0.3 is 23.9 Å². The molecule has 1 aromatic rings. The Balaban J connectivity index is 2.43. The highest BCUT2D eigenvalue weighted by molar-refractivity contribution is 6.16. The van der Waals surface area contributed by atoms with Gasteiger partial charge in [-0.1, -0.05) is 18.2 Å². The lowest BCUT2D eigenvalue weighted by atomic mass is 9.66. The molecule has 0 bridgehead atoms.